The average molecular weight is 378 g/mol. The molecule has 7 heteroatoms. The molecular weight excluding hydrogens is 360 g/mol. The minimum Gasteiger partial charge on any atom is -0.334 e. The topological polar surface area (TPSA) is 79.0 Å². The van der Waals surface area contributed by atoms with Crippen LogP contribution >= 0.6 is 11.3 Å². The Morgan fingerprint density at radius 1 is 1.15 bits per heavy atom. The Bertz CT molecular complexity index is 1240. The normalized spacial score (nSPS) is 11.2. The summed E-state index contributed by atoms with van der Waals surface area (Å²) in [5.74, 6) is 0.306. The van der Waals surface area contributed by atoms with Gasteiger partial charge in [-0.1, -0.05) is 11.6 Å². The van der Waals surface area contributed by atoms with Crippen LogP contribution in [0, 0.1) is 13.8 Å². The number of fused-ring (bicyclic) bond motifs is 2. The molecule has 3 aromatic heterocycles. The molecule has 0 spiro atoms. The summed E-state index contributed by atoms with van der Waals surface area (Å²) < 4.78 is 0.595. The smallest absolute Gasteiger partial charge is 0.268 e. The van der Waals surface area contributed by atoms with E-state index in [0.29, 0.717) is 27.3 Å². The summed E-state index contributed by atoms with van der Waals surface area (Å²) in [4.78, 5) is 38.4. The molecule has 4 aromatic rings. The lowest BCUT2D eigenvalue weighted by Crippen LogP contribution is -2.29. The zero-order chi connectivity index (χ0) is 19.1. The van der Waals surface area contributed by atoms with Gasteiger partial charge in [0.05, 0.1) is 28.8 Å². The highest BCUT2D eigenvalue weighted by Crippen LogP contribution is 2.20. The number of H-pyrrole nitrogens is 1. The summed E-state index contributed by atoms with van der Waals surface area (Å²) >= 11 is 1.35. The van der Waals surface area contributed by atoms with Crippen LogP contribution in [-0.4, -0.2) is 32.8 Å². The molecule has 0 fully saturated rings. The van der Waals surface area contributed by atoms with Crippen LogP contribution in [-0.2, 0) is 6.54 Å². The van der Waals surface area contributed by atoms with Gasteiger partial charge >= 0.3 is 0 Å². The van der Waals surface area contributed by atoms with Crippen molar-refractivity contribution in [1.82, 2.24) is 19.9 Å². The second-order valence-corrected chi connectivity index (χ2v) is 7.54. The van der Waals surface area contributed by atoms with E-state index in [1.807, 2.05) is 43.5 Å². The largest absolute Gasteiger partial charge is 0.334 e. The van der Waals surface area contributed by atoms with Crippen LogP contribution < -0.4 is 5.56 Å². The molecule has 0 saturated heterocycles. The van der Waals surface area contributed by atoms with Crippen molar-refractivity contribution < 1.29 is 4.79 Å². The maximum Gasteiger partial charge on any atom is 0.268 e. The number of hydrogen-bond donors (Lipinski definition) is 1. The number of carbonyl (C=O) groups is 1. The van der Waals surface area contributed by atoms with Gasteiger partial charge in [0, 0.05) is 12.4 Å². The Kier molecular flexibility index (Phi) is 4.24. The van der Waals surface area contributed by atoms with E-state index in [1.165, 1.54) is 11.3 Å². The van der Waals surface area contributed by atoms with E-state index >= 15 is 0 Å². The predicted molar refractivity (Wildman–Crippen MR) is 107 cm³/mol. The van der Waals surface area contributed by atoms with Crippen LogP contribution in [0.25, 0.3) is 21.1 Å². The number of hydrogen-bond acceptors (Lipinski definition) is 5. The lowest BCUT2D eigenvalue weighted by molar-refractivity contribution is 0.0780. The van der Waals surface area contributed by atoms with E-state index < -0.39 is 0 Å². The summed E-state index contributed by atoms with van der Waals surface area (Å²) in [5, 5.41) is 2.76. The second kappa shape index (κ2) is 6.59. The van der Waals surface area contributed by atoms with Crippen molar-refractivity contribution >= 4 is 38.4 Å². The minimum atomic E-state index is -0.176. The third-order valence-electron chi connectivity index (χ3n) is 4.49. The first-order valence-electron chi connectivity index (χ1n) is 8.52. The maximum atomic E-state index is 13.0. The van der Waals surface area contributed by atoms with E-state index in [0.717, 1.165) is 16.5 Å². The fourth-order valence-electron chi connectivity index (χ4n) is 3.11. The van der Waals surface area contributed by atoms with Crippen LogP contribution in [0.15, 0.2) is 40.5 Å². The van der Waals surface area contributed by atoms with Crippen molar-refractivity contribution in [1.29, 1.82) is 0 Å². The molecule has 0 atom stereocenters. The fraction of sp³-hybridized carbons (Fsp3) is 0.200. The van der Waals surface area contributed by atoms with Crippen molar-refractivity contribution in [3.05, 3.63) is 68.7 Å². The van der Waals surface area contributed by atoms with Gasteiger partial charge in [0.25, 0.3) is 11.5 Å². The molecule has 0 aliphatic carbocycles. The van der Waals surface area contributed by atoms with Crippen LogP contribution in [0.1, 0.15) is 27.4 Å². The number of aromatic amines is 1. The summed E-state index contributed by atoms with van der Waals surface area (Å²) in [6, 6.07) is 9.66. The number of pyridine rings is 1. The highest BCUT2D eigenvalue weighted by Gasteiger charge is 2.18. The van der Waals surface area contributed by atoms with Gasteiger partial charge < -0.3 is 9.88 Å². The number of nitrogens with one attached hydrogen (secondary N) is 1. The van der Waals surface area contributed by atoms with Gasteiger partial charge in [-0.25, -0.2) is 4.98 Å². The molecule has 27 heavy (non-hydrogen) atoms. The lowest BCUT2D eigenvalue weighted by Gasteiger charge is -2.18. The Morgan fingerprint density at radius 3 is 2.78 bits per heavy atom. The van der Waals surface area contributed by atoms with Gasteiger partial charge in [-0.05, 0) is 43.5 Å². The van der Waals surface area contributed by atoms with Crippen LogP contribution in [0.3, 0.4) is 0 Å². The second-order valence-electron chi connectivity index (χ2n) is 6.63. The lowest BCUT2D eigenvalue weighted by atomic mass is 10.1. The van der Waals surface area contributed by atoms with E-state index in [1.54, 1.807) is 18.0 Å². The maximum absolute atomic E-state index is 13.0. The molecule has 0 unspecified atom stereocenters. The first kappa shape index (κ1) is 17.4. The first-order chi connectivity index (χ1) is 12.9. The van der Waals surface area contributed by atoms with Gasteiger partial charge in [0.15, 0.2) is 0 Å². The quantitative estimate of drug-likeness (QED) is 0.592. The fourth-order valence-corrected chi connectivity index (χ4v) is 3.83. The number of aromatic nitrogens is 3. The van der Waals surface area contributed by atoms with Gasteiger partial charge in [-0.2, -0.15) is 0 Å². The Balaban J connectivity index is 1.66. The van der Waals surface area contributed by atoms with Crippen molar-refractivity contribution in [2.24, 2.45) is 0 Å². The third-order valence-corrected chi connectivity index (χ3v) is 5.39. The number of amides is 1. The molecule has 0 saturated carbocycles. The van der Waals surface area contributed by atoms with E-state index in [4.69, 9.17) is 0 Å². The first-order valence-corrected chi connectivity index (χ1v) is 9.40. The highest BCUT2D eigenvalue weighted by molar-refractivity contribution is 7.17. The van der Waals surface area contributed by atoms with Gasteiger partial charge in [-0.3, -0.25) is 14.6 Å². The number of rotatable bonds is 3. The molecule has 136 valence electrons. The third kappa shape index (κ3) is 3.21. The van der Waals surface area contributed by atoms with Crippen molar-refractivity contribution in [3.8, 4) is 0 Å². The number of carbonyl (C=O) groups excluding carboxylic acids is 1. The van der Waals surface area contributed by atoms with Crippen molar-refractivity contribution in [3.63, 3.8) is 0 Å². The molecule has 0 aliphatic heterocycles. The Hall–Kier alpha value is -3.06. The summed E-state index contributed by atoms with van der Waals surface area (Å²) in [6.45, 7) is 4.05. The zero-order valence-electron chi connectivity index (χ0n) is 15.2. The molecule has 3 heterocycles. The average Bonchev–Trinajstić information content (AvgIpc) is 3.10. The van der Waals surface area contributed by atoms with Crippen molar-refractivity contribution in [2.75, 3.05) is 7.05 Å². The standard InChI is InChI=1S/C20H18N4O2S/c1-11-4-5-15-13(8-11)9-14(12(2)21-15)20(26)24(3)10-17-22-16-6-7-27-18(16)19(25)23-17/h4-9H,10H2,1-3H3,(H,22,23,25). The summed E-state index contributed by atoms with van der Waals surface area (Å²) in [7, 11) is 1.69. The number of thiophene rings is 1. The number of benzene rings is 1. The summed E-state index contributed by atoms with van der Waals surface area (Å²) in [5.41, 5.74) is 3.69. The molecular formula is C20H18N4O2S. The summed E-state index contributed by atoms with van der Waals surface area (Å²) in [6.07, 6.45) is 0. The van der Waals surface area contributed by atoms with Gasteiger partial charge in [0.1, 0.15) is 10.5 Å². The predicted octanol–water partition coefficient (Wildman–Crippen LogP) is 3.42. The van der Waals surface area contributed by atoms with Crippen LogP contribution in [0.4, 0.5) is 0 Å². The molecule has 1 amide bonds. The van der Waals surface area contributed by atoms with Gasteiger partial charge in [0.2, 0.25) is 0 Å². The van der Waals surface area contributed by atoms with Crippen LogP contribution in [0.5, 0.6) is 0 Å². The minimum absolute atomic E-state index is 0.156. The van der Waals surface area contributed by atoms with Crippen molar-refractivity contribution in [2.45, 2.75) is 20.4 Å². The van der Waals surface area contributed by atoms with E-state index in [2.05, 4.69) is 15.0 Å². The van der Waals surface area contributed by atoms with Crippen LogP contribution in [0.2, 0.25) is 0 Å². The monoisotopic (exact) mass is 378 g/mol. The molecule has 0 radical (unpaired) electrons. The molecule has 6 nitrogen and oxygen atoms in total. The molecule has 4 rings (SSSR count). The zero-order valence-corrected chi connectivity index (χ0v) is 16.1. The molecule has 1 aromatic carbocycles. The van der Waals surface area contributed by atoms with Gasteiger partial charge in [-0.15, -0.1) is 11.3 Å². The molecule has 0 bridgehead atoms. The van der Waals surface area contributed by atoms with E-state index in [9.17, 15) is 9.59 Å². The van der Waals surface area contributed by atoms with E-state index in [-0.39, 0.29) is 18.0 Å². The SMILES string of the molecule is Cc1ccc2nc(C)c(C(=O)N(C)Cc3nc4ccsc4c(=O)[nH]3)cc2c1. The molecule has 0 aliphatic rings. The Morgan fingerprint density at radius 2 is 1.96 bits per heavy atom. The number of nitrogens with zero attached hydrogens (tertiary/aromatic N) is 3. The number of aryl methyl sites for hydroxylation is 2. The highest BCUT2D eigenvalue weighted by atomic mass is 32.1. The Labute approximate surface area is 159 Å². The molecule has 1 N–H and O–H groups in total.